The fourth-order valence-electron chi connectivity index (χ4n) is 2.98. The molecule has 1 fully saturated rings. The zero-order valence-electron chi connectivity index (χ0n) is 14.3. The predicted molar refractivity (Wildman–Crippen MR) is 99.8 cm³/mol. The molecule has 0 aromatic heterocycles. The van der Waals surface area contributed by atoms with Crippen molar-refractivity contribution in [2.45, 2.75) is 19.8 Å². The monoisotopic (exact) mass is 337 g/mol. The minimum Gasteiger partial charge on any atom is -0.326 e. The fourth-order valence-corrected chi connectivity index (χ4v) is 2.98. The molecule has 25 heavy (non-hydrogen) atoms. The molecule has 0 saturated carbocycles. The first-order valence-electron chi connectivity index (χ1n) is 8.62. The average Bonchev–Trinajstić information content (AvgIpc) is 2.64. The first-order chi connectivity index (χ1) is 12.1. The van der Waals surface area contributed by atoms with Crippen LogP contribution in [-0.2, 0) is 4.79 Å². The highest BCUT2D eigenvalue weighted by Crippen LogP contribution is 2.18. The Morgan fingerprint density at radius 2 is 1.68 bits per heavy atom. The molecule has 2 aromatic carbocycles. The van der Waals surface area contributed by atoms with Crippen molar-refractivity contribution in [1.82, 2.24) is 5.32 Å². The molecule has 1 heterocycles. The fraction of sp³-hybridized carbons (Fsp3) is 0.300. The second kappa shape index (κ2) is 7.94. The zero-order valence-corrected chi connectivity index (χ0v) is 14.3. The van der Waals surface area contributed by atoms with Crippen LogP contribution in [0.5, 0.6) is 0 Å². The minimum absolute atomic E-state index is 0.0224. The van der Waals surface area contributed by atoms with E-state index in [1.54, 1.807) is 18.2 Å². The molecule has 2 aromatic rings. The molecule has 130 valence electrons. The average molecular weight is 337 g/mol. The van der Waals surface area contributed by atoms with Crippen molar-refractivity contribution in [3.63, 3.8) is 0 Å². The maximum Gasteiger partial charge on any atom is 0.255 e. The third-order valence-electron chi connectivity index (χ3n) is 4.47. The van der Waals surface area contributed by atoms with E-state index < -0.39 is 0 Å². The van der Waals surface area contributed by atoms with Crippen molar-refractivity contribution in [2.75, 3.05) is 23.7 Å². The number of hydrogen-bond donors (Lipinski definition) is 3. The summed E-state index contributed by atoms with van der Waals surface area (Å²) in [5, 5.41) is 9.07. The molecule has 0 aliphatic carbocycles. The van der Waals surface area contributed by atoms with Crippen molar-refractivity contribution in [3.8, 4) is 0 Å². The second-order valence-corrected chi connectivity index (χ2v) is 6.38. The van der Waals surface area contributed by atoms with Crippen LogP contribution in [0.4, 0.5) is 11.4 Å². The van der Waals surface area contributed by atoms with Crippen LogP contribution in [0.1, 0.15) is 28.8 Å². The number of rotatable bonds is 4. The highest BCUT2D eigenvalue weighted by atomic mass is 16.2. The minimum atomic E-state index is -0.136. The van der Waals surface area contributed by atoms with Gasteiger partial charge in [-0.3, -0.25) is 9.59 Å². The van der Waals surface area contributed by atoms with Crippen LogP contribution in [0.3, 0.4) is 0 Å². The molecule has 2 amide bonds. The van der Waals surface area contributed by atoms with E-state index in [1.165, 1.54) is 0 Å². The molecule has 0 spiro atoms. The predicted octanol–water partition coefficient (Wildman–Crippen LogP) is 3.19. The highest BCUT2D eigenvalue weighted by Gasteiger charge is 2.20. The van der Waals surface area contributed by atoms with Gasteiger partial charge in [0, 0.05) is 23.5 Å². The topological polar surface area (TPSA) is 70.2 Å². The summed E-state index contributed by atoms with van der Waals surface area (Å²) in [6.07, 6.45) is 1.95. The number of anilines is 2. The van der Waals surface area contributed by atoms with Gasteiger partial charge in [-0.15, -0.1) is 0 Å². The Hall–Kier alpha value is -2.66. The molecule has 3 N–H and O–H groups in total. The van der Waals surface area contributed by atoms with Gasteiger partial charge in [0.1, 0.15) is 0 Å². The number of amides is 2. The Morgan fingerprint density at radius 3 is 2.32 bits per heavy atom. The molecule has 1 aliphatic heterocycles. The Balaban J connectivity index is 1.59. The van der Waals surface area contributed by atoms with E-state index >= 15 is 0 Å². The van der Waals surface area contributed by atoms with Crippen molar-refractivity contribution < 1.29 is 9.59 Å². The van der Waals surface area contributed by atoms with Crippen molar-refractivity contribution in [1.29, 1.82) is 0 Å². The summed E-state index contributed by atoms with van der Waals surface area (Å²) in [5.41, 5.74) is 3.03. The van der Waals surface area contributed by atoms with Crippen LogP contribution < -0.4 is 16.0 Å². The van der Waals surface area contributed by atoms with Crippen molar-refractivity contribution >= 4 is 23.2 Å². The summed E-state index contributed by atoms with van der Waals surface area (Å²) in [6, 6.07) is 14.7. The van der Waals surface area contributed by atoms with E-state index in [0.29, 0.717) is 11.3 Å². The third-order valence-corrected chi connectivity index (χ3v) is 4.47. The van der Waals surface area contributed by atoms with Gasteiger partial charge in [-0.25, -0.2) is 0 Å². The Kier molecular flexibility index (Phi) is 5.46. The molecule has 1 atom stereocenters. The number of nitrogens with one attached hydrogen (secondary N) is 3. The van der Waals surface area contributed by atoms with Crippen molar-refractivity contribution in [3.05, 3.63) is 59.7 Å². The van der Waals surface area contributed by atoms with E-state index in [9.17, 15) is 9.59 Å². The van der Waals surface area contributed by atoms with Gasteiger partial charge in [0.25, 0.3) is 5.91 Å². The summed E-state index contributed by atoms with van der Waals surface area (Å²) in [7, 11) is 0. The number of carbonyl (C=O) groups excluding carboxylic acids is 2. The first-order valence-corrected chi connectivity index (χ1v) is 8.62. The SMILES string of the molecule is Cc1ccccc1C(=O)Nc1ccc(NC(=O)C2CCCNC2)cc1. The first kappa shape index (κ1) is 17.2. The van der Waals surface area contributed by atoms with E-state index in [0.717, 1.165) is 37.2 Å². The van der Waals surface area contributed by atoms with Gasteiger partial charge < -0.3 is 16.0 Å². The maximum atomic E-state index is 12.3. The number of piperidine rings is 1. The molecule has 0 bridgehead atoms. The normalized spacial score (nSPS) is 16.9. The summed E-state index contributed by atoms with van der Waals surface area (Å²) >= 11 is 0. The largest absolute Gasteiger partial charge is 0.326 e. The van der Waals surface area contributed by atoms with Crippen LogP contribution in [-0.4, -0.2) is 24.9 Å². The lowest BCUT2D eigenvalue weighted by Crippen LogP contribution is -2.37. The van der Waals surface area contributed by atoms with Gasteiger partial charge in [0.05, 0.1) is 5.92 Å². The van der Waals surface area contributed by atoms with Gasteiger partial charge in [0.15, 0.2) is 0 Å². The molecule has 1 saturated heterocycles. The van der Waals surface area contributed by atoms with Crippen LogP contribution in [0.15, 0.2) is 48.5 Å². The van der Waals surface area contributed by atoms with Gasteiger partial charge in [0.2, 0.25) is 5.91 Å². The molecule has 5 nitrogen and oxygen atoms in total. The Morgan fingerprint density at radius 1 is 1.00 bits per heavy atom. The lowest BCUT2D eigenvalue weighted by molar-refractivity contribution is -0.120. The van der Waals surface area contributed by atoms with Crippen molar-refractivity contribution in [2.24, 2.45) is 5.92 Å². The van der Waals surface area contributed by atoms with E-state index in [1.807, 2.05) is 37.3 Å². The Labute approximate surface area is 147 Å². The van der Waals surface area contributed by atoms with E-state index in [2.05, 4.69) is 16.0 Å². The molecule has 1 aliphatic rings. The lowest BCUT2D eigenvalue weighted by atomic mass is 9.99. The third kappa shape index (κ3) is 4.45. The summed E-state index contributed by atoms with van der Waals surface area (Å²) < 4.78 is 0. The van der Waals surface area contributed by atoms with Crippen LogP contribution in [0, 0.1) is 12.8 Å². The van der Waals surface area contributed by atoms with Gasteiger partial charge in [-0.2, -0.15) is 0 Å². The number of aryl methyl sites for hydroxylation is 1. The number of hydrogen-bond acceptors (Lipinski definition) is 3. The van der Waals surface area contributed by atoms with Gasteiger partial charge in [-0.05, 0) is 62.2 Å². The smallest absolute Gasteiger partial charge is 0.255 e. The molecular formula is C20H23N3O2. The number of benzene rings is 2. The Bertz CT molecular complexity index is 750. The quantitative estimate of drug-likeness (QED) is 0.802. The molecular weight excluding hydrogens is 314 g/mol. The van der Waals surface area contributed by atoms with Crippen LogP contribution >= 0.6 is 0 Å². The van der Waals surface area contributed by atoms with Gasteiger partial charge >= 0.3 is 0 Å². The summed E-state index contributed by atoms with van der Waals surface area (Å²) in [5.74, 6) is -0.0683. The van der Waals surface area contributed by atoms with Crippen LogP contribution in [0.2, 0.25) is 0 Å². The zero-order chi connectivity index (χ0) is 17.6. The standard InChI is InChI=1S/C20H23N3O2/c1-14-5-2-3-7-18(14)20(25)23-17-10-8-16(9-11-17)22-19(24)15-6-4-12-21-13-15/h2-3,5,7-11,15,21H,4,6,12-13H2,1H3,(H,22,24)(H,23,25). The van der Waals surface area contributed by atoms with E-state index in [-0.39, 0.29) is 17.7 Å². The number of carbonyl (C=O) groups is 2. The molecule has 1 unspecified atom stereocenters. The molecule has 0 radical (unpaired) electrons. The second-order valence-electron chi connectivity index (χ2n) is 6.38. The summed E-state index contributed by atoms with van der Waals surface area (Å²) in [6.45, 7) is 3.63. The van der Waals surface area contributed by atoms with Gasteiger partial charge in [-0.1, -0.05) is 18.2 Å². The van der Waals surface area contributed by atoms with E-state index in [4.69, 9.17) is 0 Å². The summed E-state index contributed by atoms with van der Waals surface area (Å²) in [4.78, 5) is 24.5. The molecule has 5 heteroatoms. The van der Waals surface area contributed by atoms with Crippen LogP contribution in [0.25, 0.3) is 0 Å². The lowest BCUT2D eigenvalue weighted by Gasteiger charge is -2.21. The highest BCUT2D eigenvalue weighted by molar-refractivity contribution is 6.05. The molecule has 3 rings (SSSR count). The maximum absolute atomic E-state index is 12.3.